The Morgan fingerprint density at radius 2 is 1.69 bits per heavy atom. The molecule has 0 aromatic heterocycles. The minimum atomic E-state index is -0.415. The van der Waals surface area contributed by atoms with Gasteiger partial charge in [0.25, 0.3) is 0 Å². The molecule has 1 amide bonds. The number of halogens is 1. The number of hydrazine groups is 1. The molecule has 0 fully saturated rings. The van der Waals surface area contributed by atoms with Gasteiger partial charge in [0.05, 0.1) is 5.69 Å². The van der Waals surface area contributed by atoms with Crippen molar-refractivity contribution in [2.45, 2.75) is 39.0 Å². The molecule has 0 aliphatic heterocycles. The summed E-state index contributed by atoms with van der Waals surface area (Å²) in [5, 5.41) is 2.81. The molecule has 4 nitrogen and oxygen atoms in total. The summed E-state index contributed by atoms with van der Waals surface area (Å²) in [6, 6.07) is 14.5. The quantitative estimate of drug-likeness (QED) is 0.558. The first-order chi connectivity index (χ1) is 12.3. The molecule has 0 aliphatic carbocycles. The summed E-state index contributed by atoms with van der Waals surface area (Å²) in [6.45, 7) is 6.50. The predicted molar refractivity (Wildman–Crippen MR) is 107 cm³/mol. The molecule has 0 unspecified atom stereocenters. The Balaban J connectivity index is 1.75. The summed E-state index contributed by atoms with van der Waals surface area (Å²) >= 11 is 5.04. The maximum absolute atomic E-state index is 13.5. The molecule has 0 atom stereocenters. The number of hydrogen-bond donors (Lipinski definition) is 3. The first-order valence-electron chi connectivity index (χ1n) is 8.45. The Morgan fingerprint density at radius 3 is 2.31 bits per heavy atom. The summed E-state index contributed by atoms with van der Waals surface area (Å²) < 4.78 is 13.5. The normalized spacial score (nSPS) is 10.9. The van der Waals surface area contributed by atoms with E-state index in [1.165, 1.54) is 11.6 Å². The highest BCUT2D eigenvalue weighted by Crippen LogP contribution is 2.22. The fraction of sp³-hybridized carbons (Fsp3) is 0.300. The van der Waals surface area contributed by atoms with E-state index in [4.69, 9.17) is 12.2 Å². The van der Waals surface area contributed by atoms with Crippen LogP contribution in [0.25, 0.3) is 0 Å². The average Bonchev–Trinajstić information content (AvgIpc) is 2.60. The lowest BCUT2D eigenvalue weighted by molar-refractivity contribution is -0.121. The van der Waals surface area contributed by atoms with Crippen molar-refractivity contribution in [2.75, 3.05) is 5.32 Å². The van der Waals surface area contributed by atoms with Gasteiger partial charge in [0.2, 0.25) is 5.91 Å². The molecule has 6 heteroatoms. The first kappa shape index (κ1) is 19.8. The predicted octanol–water partition coefficient (Wildman–Crippen LogP) is 4.07. The zero-order valence-corrected chi connectivity index (χ0v) is 16.0. The lowest BCUT2D eigenvalue weighted by Gasteiger charge is -2.19. The topological polar surface area (TPSA) is 53.2 Å². The first-order valence-corrected chi connectivity index (χ1v) is 8.86. The van der Waals surface area contributed by atoms with Crippen molar-refractivity contribution < 1.29 is 9.18 Å². The molecule has 138 valence electrons. The van der Waals surface area contributed by atoms with E-state index in [1.54, 1.807) is 18.2 Å². The molecular weight excluding hydrogens is 349 g/mol. The molecular formula is C20H24FN3OS. The summed E-state index contributed by atoms with van der Waals surface area (Å²) in [5.41, 5.74) is 7.81. The number of anilines is 1. The highest BCUT2D eigenvalue weighted by molar-refractivity contribution is 7.80. The van der Waals surface area contributed by atoms with Crippen molar-refractivity contribution in [3.63, 3.8) is 0 Å². The van der Waals surface area contributed by atoms with Gasteiger partial charge in [0.15, 0.2) is 5.11 Å². The van der Waals surface area contributed by atoms with Gasteiger partial charge in [0, 0.05) is 6.42 Å². The Morgan fingerprint density at radius 1 is 1.04 bits per heavy atom. The second kappa shape index (κ2) is 8.76. The average molecular weight is 373 g/mol. The van der Waals surface area contributed by atoms with Gasteiger partial charge in [-0.05, 0) is 47.3 Å². The molecule has 2 rings (SSSR count). The largest absolute Gasteiger partial charge is 0.329 e. The third kappa shape index (κ3) is 6.11. The fourth-order valence-electron chi connectivity index (χ4n) is 2.33. The van der Waals surface area contributed by atoms with Crippen molar-refractivity contribution in [3.05, 3.63) is 65.5 Å². The number of carbonyl (C=O) groups excluding carboxylic acids is 1. The van der Waals surface area contributed by atoms with E-state index in [1.807, 2.05) is 12.1 Å². The number of aryl methyl sites for hydroxylation is 1. The van der Waals surface area contributed by atoms with E-state index in [0.717, 1.165) is 5.56 Å². The van der Waals surface area contributed by atoms with Crippen LogP contribution in [0.2, 0.25) is 0 Å². The van der Waals surface area contributed by atoms with Crippen molar-refractivity contribution in [1.29, 1.82) is 0 Å². The van der Waals surface area contributed by atoms with Crippen LogP contribution in [0.4, 0.5) is 10.1 Å². The van der Waals surface area contributed by atoms with Crippen LogP contribution >= 0.6 is 12.2 Å². The number of para-hydroxylation sites is 1. The number of benzene rings is 2. The van der Waals surface area contributed by atoms with Gasteiger partial charge in [-0.15, -0.1) is 0 Å². The second-order valence-corrected chi connectivity index (χ2v) is 7.46. The van der Waals surface area contributed by atoms with Crippen molar-refractivity contribution in [2.24, 2.45) is 0 Å². The molecule has 0 radical (unpaired) electrons. The summed E-state index contributed by atoms with van der Waals surface area (Å²) in [4.78, 5) is 11.9. The van der Waals surface area contributed by atoms with Gasteiger partial charge in [-0.1, -0.05) is 57.2 Å². The monoisotopic (exact) mass is 373 g/mol. The van der Waals surface area contributed by atoms with E-state index >= 15 is 0 Å². The molecule has 2 aromatic rings. The van der Waals surface area contributed by atoms with Crippen molar-refractivity contribution in [3.8, 4) is 0 Å². The van der Waals surface area contributed by atoms with E-state index < -0.39 is 5.82 Å². The van der Waals surface area contributed by atoms with Gasteiger partial charge in [-0.2, -0.15) is 0 Å². The smallest absolute Gasteiger partial charge is 0.238 e. The van der Waals surface area contributed by atoms with Crippen molar-refractivity contribution >= 4 is 28.9 Å². The number of nitrogens with one attached hydrogen (secondary N) is 3. The molecule has 26 heavy (non-hydrogen) atoms. The summed E-state index contributed by atoms with van der Waals surface area (Å²) in [7, 11) is 0. The molecule has 2 aromatic carbocycles. The van der Waals surface area contributed by atoms with Crippen molar-refractivity contribution in [1.82, 2.24) is 10.9 Å². The standard InChI is InChI=1S/C20H24FN3OS/c1-20(2,3)15-11-8-14(9-12-15)10-13-18(25)23-24-19(26)22-17-7-5-4-6-16(17)21/h4-9,11-12H,10,13H2,1-3H3,(H,23,25)(H2,22,24,26). The van der Waals surface area contributed by atoms with E-state index in [0.29, 0.717) is 12.8 Å². The van der Waals surface area contributed by atoms with Crippen LogP contribution in [-0.4, -0.2) is 11.0 Å². The van der Waals surface area contributed by atoms with E-state index in [-0.39, 0.29) is 22.1 Å². The number of carbonyl (C=O) groups is 1. The van der Waals surface area contributed by atoms with Crippen LogP contribution in [0.1, 0.15) is 38.3 Å². The van der Waals surface area contributed by atoms with Gasteiger partial charge < -0.3 is 5.32 Å². The highest BCUT2D eigenvalue weighted by Gasteiger charge is 2.13. The van der Waals surface area contributed by atoms with Gasteiger partial charge in [-0.3, -0.25) is 15.6 Å². The van der Waals surface area contributed by atoms with Crippen LogP contribution < -0.4 is 16.2 Å². The third-order valence-corrected chi connectivity index (χ3v) is 4.10. The number of amides is 1. The van der Waals surface area contributed by atoms with Crippen LogP contribution in [0.3, 0.4) is 0 Å². The maximum Gasteiger partial charge on any atom is 0.238 e. The molecule has 0 spiro atoms. The van der Waals surface area contributed by atoms with Gasteiger partial charge in [0.1, 0.15) is 5.82 Å². The second-order valence-electron chi connectivity index (χ2n) is 7.05. The minimum absolute atomic E-state index is 0.112. The zero-order chi connectivity index (χ0) is 19.2. The highest BCUT2D eigenvalue weighted by atomic mass is 32.1. The van der Waals surface area contributed by atoms with Gasteiger partial charge >= 0.3 is 0 Å². The van der Waals surface area contributed by atoms with E-state index in [2.05, 4.69) is 49.1 Å². The Kier molecular flexibility index (Phi) is 6.69. The lowest BCUT2D eigenvalue weighted by atomic mass is 9.86. The fourth-order valence-corrected chi connectivity index (χ4v) is 2.50. The SMILES string of the molecule is CC(C)(C)c1ccc(CCC(=O)NNC(=S)Nc2ccccc2F)cc1. The lowest BCUT2D eigenvalue weighted by Crippen LogP contribution is -2.43. The Hall–Kier alpha value is -2.47. The Labute approximate surface area is 159 Å². The number of hydrogen-bond acceptors (Lipinski definition) is 2. The van der Waals surface area contributed by atoms with Gasteiger partial charge in [-0.25, -0.2) is 4.39 Å². The third-order valence-electron chi connectivity index (χ3n) is 3.90. The van der Waals surface area contributed by atoms with Crippen LogP contribution in [-0.2, 0) is 16.6 Å². The maximum atomic E-state index is 13.5. The number of rotatable bonds is 4. The van der Waals surface area contributed by atoms with Crippen LogP contribution in [0, 0.1) is 5.82 Å². The van der Waals surface area contributed by atoms with Crippen LogP contribution in [0.15, 0.2) is 48.5 Å². The molecule has 0 saturated heterocycles. The minimum Gasteiger partial charge on any atom is -0.329 e. The number of thiocarbonyl (C=S) groups is 1. The molecule has 0 saturated carbocycles. The molecule has 0 bridgehead atoms. The summed E-state index contributed by atoms with van der Waals surface area (Å²) in [5.74, 6) is -0.607. The van der Waals surface area contributed by atoms with Crippen LogP contribution in [0.5, 0.6) is 0 Å². The molecule has 0 heterocycles. The zero-order valence-electron chi connectivity index (χ0n) is 15.2. The molecule has 3 N–H and O–H groups in total. The Bertz CT molecular complexity index is 769. The molecule has 0 aliphatic rings. The van der Waals surface area contributed by atoms with E-state index in [9.17, 15) is 9.18 Å². The summed E-state index contributed by atoms with van der Waals surface area (Å²) in [6.07, 6.45) is 0.954.